The molecule has 84 valence electrons. The van der Waals surface area contributed by atoms with E-state index < -0.39 is 0 Å². The molecular weight excluding hydrogens is 230 g/mol. The molecule has 0 N–H and O–H groups in total. The minimum Gasteiger partial charge on any atom is -0.337 e. The van der Waals surface area contributed by atoms with E-state index in [0.29, 0.717) is 24.2 Å². The van der Waals surface area contributed by atoms with Crippen molar-refractivity contribution in [1.82, 2.24) is 25.1 Å². The molecule has 0 radical (unpaired) electrons. The first-order valence-electron chi connectivity index (χ1n) is 5.12. The molecule has 0 spiro atoms. The van der Waals surface area contributed by atoms with Crippen molar-refractivity contribution in [2.24, 2.45) is 0 Å². The van der Waals surface area contributed by atoms with Crippen LogP contribution in [-0.4, -0.2) is 25.1 Å². The van der Waals surface area contributed by atoms with Crippen LogP contribution in [0.15, 0.2) is 10.7 Å². The molecule has 2 aromatic heterocycles. The highest BCUT2D eigenvalue weighted by Gasteiger charge is 2.28. The topological polar surface area (TPSA) is 69.6 Å². The van der Waals surface area contributed by atoms with Gasteiger partial charge < -0.3 is 4.52 Å². The monoisotopic (exact) mass is 239 g/mol. The molecule has 7 heteroatoms. The molecule has 0 atom stereocenters. The van der Waals surface area contributed by atoms with Crippen LogP contribution in [0.25, 0.3) is 0 Å². The minimum absolute atomic E-state index is 0.358. The molecule has 1 aliphatic rings. The second-order valence-corrected chi connectivity index (χ2v) is 4.13. The predicted molar refractivity (Wildman–Crippen MR) is 55.0 cm³/mol. The van der Waals surface area contributed by atoms with Crippen LogP contribution in [0.1, 0.15) is 36.2 Å². The Kier molecular flexibility index (Phi) is 2.36. The van der Waals surface area contributed by atoms with Crippen molar-refractivity contribution in [3.05, 3.63) is 23.6 Å². The van der Waals surface area contributed by atoms with Crippen LogP contribution in [0.5, 0.6) is 0 Å². The SMILES string of the molecule is ClCc1cn(Cc2nc(C3CC3)no2)nn1. The summed E-state index contributed by atoms with van der Waals surface area (Å²) in [6, 6.07) is 0. The second-order valence-electron chi connectivity index (χ2n) is 3.86. The number of nitrogens with zero attached hydrogens (tertiary/aromatic N) is 5. The summed E-state index contributed by atoms with van der Waals surface area (Å²) in [5.41, 5.74) is 0.739. The van der Waals surface area contributed by atoms with Crippen molar-refractivity contribution in [3.63, 3.8) is 0 Å². The first kappa shape index (κ1) is 9.77. The molecule has 2 aromatic rings. The fraction of sp³-hybridized carbons (Fsp3) is 0.556. The van der Waals surface area contributed by atoms with E-state index in [4.69, 9.17) is 16.1 Å². The Morgan fingerprint density at radius 3 is 3.06 bits per heavy atom. The van der Waals surface area contributed by atoms with Crippen molar-refractivity contribution in [1.29, 1.82) is 0 Å². The van der Waals surface area contributed by atoms with E-state index in [0.717, 1.165) is 11.5 Å². The minimum atomic E-state index is 0.358. The summed E-state index contributed by atoms with van der Waals surface area (Å²) >= 11 is 5.63. The summed E-state index contributed by atoms with van der Waals surface area (Å²) in [6.45, 7) is 0.448. The van der Waals surface area contributed by atoms with Gasteiger partial charge in [0.2, 0.25) is 5.89 Å². The van der Waals surface area contributed by atoms with E-state index in [-0.39, 0.29) is 0 Å². The van der Waals surface area contributed by atoms with Gasteiger partial charge in [-0.1, -0.05) is 10.4 Å². The molecule has 0 saturated heterocycles. The van der Waals surface area contributed by atoms with Gasteiger partial charge >= 0.3 is 0 Å². The zero-order valence-corrected chi connectivity index (χ0v) is 9.26. The van der Waals surface area contributed by atoms with E-state index >= 15 is 0 Å². The Balaban J connectivity index is 1.72. The fourth-order valence-corrected chi connectivity index (χ4v) is 1.58. The maximum atomic E-state index is 5.63. The highest BCUT2D eigenvalue weighted by atomic mass is 35.5. The van der Waals surface area contributed by atoms with Crippen molar-refractivity contribution >= 4 is 11.6 Å². The summed E-state index contributed by atoms with van der Waals surface area (Å²) in [6.07, 6.45) is 4.10. The van der Waals surface area contributed by atoms with Crippen molar-refractivity contribution in [2.45, 2.75) is 31.2 Å². The molecule has 2 heterocycles. The third kappa shape index (κ3) is 1.92. The van der Waals surface area contributed by atoms with E-state index in [1.54, 1.807) is 10.9 Å². The summed E-state index contributed by atoms with van der Waals surface area (Å²) in [5.74, 6) is 2.24. The van der Waals surface area contributed by atoms with Crippen LogP contribution in [0.3, 0.4) is 0 Å². The fourth-order valence-electron chi connectivity index (χ4n) is 1.46. The quantitative estimate of drug-likeness (QED) is 0.753. The highest BCUT2D eigenvalue weighted by molar-refractivity contribution is 6.16. The number of rotatable bonds is 4. The maximum absolute atomic E-state index is 5.63. The average Bonchev–Trinajstić information content (AvgIpc) is 2.88. The van der Waals surface area contributed by atoms with Crippen LogP contribution in [-0.2, 0) is 12.4 Å². The normalized spacial score (nSPS) is 15.6. The highest BCUT2D eigenvalue weighted by Crippen LogP contribution is 2.38. The number of hydrogen-bond acceptors (Lipinski definition) is 5. The molecule has 16 heavy (non-hydrogen) atoms. The lowest BCUT2D eigenvalue weighted by molar-refractivity contribution is 0.360. The maximum Gasteiger partial charge on any atom is 0.248 e. The van der Waals surface area contributed by atoms with Gasteiger partial charge in [-0.15, -0.1) is 16.7 Å². The summed E-state index contributed by atoms with van der Waals surface area (Å²) < 4.78 is 6.77. The number of aromatic nitrogens is 5. The Morgan fingerprint density at radius 2 is 2.38 bits per heavy atom. The molecule has 0 aliphatic heterocycles. The lowest BCUT2D eigenvalue weighted by atomic mass is 10.4. The lowest BCUT2D eigenvalue weighted by Crippen LogP contribution is -2.00. The molecule has 0 amide bonds. The van der Waals surface area contributed by atoms with Crippen molar-refractivity contribution < 1.29 is 4.52 Å². The molecule has 1 saturated carbocycles. The Labute approximate surface area is 96.6 Å². The summed E-state index contributed by atoms with van der Waals surface area (Å²) in [5, 5.41) is 11.7. The Morgan fingerprint density at radius 1 is 1.50 bits per heavy atom. The van der Waals surface area contributed by atoms with Crippen molar-refractivity contribution in [3.8, 4) is 0 Å². The molecule has 1 aliphatic carbocycles. The molecule has 6 nitrogen and oxygen atoms in total. The Hall–Kier alpha value is -1.43. The zero-order valence-electron chi connectivity index (χ0n) is 8.51. The van der Waals surface area contributed by atoms with Gasteiger partial charge in [0.1, 0.15) is 6.54 Å². The first-order valence-corrected chi connectivity index (χ1v) is 5.66. The number of halogens is 1. The molecule has 0 aromatic carbocycles. The molecule has 3 rings (SSSR count). The summed E-state index contributed by atoms with van der Waals surface area (Å²) in [4.78, 5) is 4.30. The number of alkyl halides is 1. The third-order valence-corrected chi connectivity index (χ3v) is 2.72. The van der Waals surface area contributed by atoms with Gasteiger partial charge in [0.25, 0.3) is 0 Å². The van der Waals surface area contributed by atoms with E-state index in [9.17, 15) is 0 Å². The summed E-state index contributed by atoms with van der Waals surface area (Å²) in [7, 11) is 0. The van der Waals surface area contributed by atoms with Crippen molar-refractivity contribution in [2.75, 3.05) is 0 Å². The van der Waals surface area contributed by atoms with Gasteiger partial charge in [-0.2, -0.15) is 4.98 Å². The van der Waals surface area contributed by atoms with E-state index in [1.165, 1.54) is 12.8 Å². The van der Waals surface area contributed by atoms with Gasteiger partial charge in [-0.3, -0.25) is 0 Å². The van der Waals surface area contributed by atoms with Gasteiger partial charge in [-0.05, 0) is 12.8 Å². The molecule has 1 fully saturated rings. The Bertz CT molecular complexity index is 490. The van der Waals surface area contributed by atoms with E-state index in [1.807, 2.05) is 0 Å². The first-order chi connectivity index (χ1) is 7.85. The average molecular weight is 240 g/mol. The van der Waals surface area contributed by atoms with Gasteiger partial charge in [0.15, 0.2) is 5.82 Å². The smallest absolute Gasteiger partial charge is 0.248 e. The molecule has 0 unspecified atom stereocenters. The largest absolute Gasteiger partial charge is 0.337 e. The molecule has 0 bridgehead atoms. The predicted octanol–water partition coefficient (Wildman–Crippen LogP) is 1.33. The number of hydrogen-bond donors (Lipinski definition) is 0. The van der Waals surface area contributed by atoms with Crippen LogP contribution in [0.2, 0.25) is 0 Å². The van der Waals surface area contributed by atoms with Crippen LogP contribution >= 0.6 is 11.6 Å². The second kappa shape index (κ2) is 3.86. The van der Waals surface area contributed by atoms with Gasteiger partial charge in [-0.25, -0.2) is 4.68 Å². The third-order valence-electron chi connectivity index (χ3n) is 2.45. The standard InChI is InChI=1S/C9H10ClN5O/c10-3-7-4-15(14-12-7)5-8-11-9(13-16-8)6-1-2-6/h4,6H,1-3,5H2. The van der Waals surface area contributed by atoms with Gasteiger partial charge in [0.05, 0.1) is 17.8 Å². The van der Waals surface area contributed by atoms with Crippen LogP contribution in [0.4, 0.5) is 0 Å². The van der Waals surface area contributed by atoms with Gasteiger partial charge in [0, 0.05) is 5.92 Å². The van der Waals surface area contributed by atoms with E-state index in [2.05, 4.69) is 20.5 Å². The zero-order chi connectivity index (χ0) is 11.0. The molecular formula is C9H10ClN5O. The van der Waals surface area contributed by atoms with Crippen LogP contribution < -0.4 is 0 Å². The van der Waals surface area contributed by atoms with Crippen LogP contribution in [0, 0.1) is 0 Å². The lowest BCUT2D eigenvalue weighted by Gasteiger charge is -1.91.